The van der Waals surface area contributed by atoms with E-state index >= 15 is 0 Å². The fourth-order valence-electron chi connectivity index (χ4n) is 1.85. The Balaban J connectivity index is 1.94. The maximum absolute atomic E-state index is 13.7. The van der Waals surface area contributed by atoms with Crippen LogP contribution in [0.1, 0.15) is 10.4 Å². The molecule has 1 aliphatic rings. The van der Waals surface area contributed by atoms with Gasteiger partial charge in [0.15, 0.2) is 0 Å². The minimum Gasteiger partial charge on any atom is -0.478 e. The lowest BCUT2D eigenvalue weighted by atomic mass is 10.1. The highest BCUT2D eigenvalue weighted by molar-refractivity contribution is 8.06. The van der Waals surface area contributed by atoms with Gasteiger partial charge in [-0.05, 0) is 12.1 Å². The molecule has 3 N–H and O–H groups in total. The Morgan fingerprint density at radius 3 is 2.86 bits per heavy atom. The molecule has 0 saturated carbocycles. The van der Waals surface area contributed by atoms with Crippen molar-refractivity contribution < 1.29 is 19.1 Å². The summed E-state index contributed by atoms with van der Waals surface area (Å²) in [6.07, 6.45) is 0. The summed E-state index contributed by atoms with van der Waals surface area (Å²) >= 11 is 3.63. The highest BCUT2D eigenvalue weighted by atomic mass is 32.2. The first-order chi connectivity index (χ1) is 10.1. The number of hydrogen-bond acceptors (Lipinski definition) is 4. The first-order valence-electron chi connectivity index (χ1n) is 6.34. The van der Waals surface area contributed by atoms with Crippen molar-refractivity contribution in [3.8, 4) is 0 Å². The molecule has 2 amide bonds. The first kappa shape index (κ1) is 16.0. The SMILES string of the molecule is O=C(NCC1CSCCS1)Nc1c(F)cccc1C(=O)O. The Morgan fingerprint density at radius 1 is 1.38 bits per heavy atom. The van der Waals surface area contributed by atoms with E-state index in [0.717, 1.165) is 23.3 Å². The maximum Gasteiger partial charge on any atom is 0.337 e. The third kappa shape index (κ3) is 4.53. The molecule has 21 heavy (non-hydrogen) atoms. The molecular formula is C13H15FN2O3S2. The Hall–Kier alpha value is -1.41. The van der Waals surface area contributed by atoms with Crippen LogP contribution in [0.2, 0.25) is 0 Å². The second-order valence-corrected chi connectivity index (χ2v) is 6.93. The average molecular weight is 330 g/mol. The molecule has 0 radical (unpaired) electrons. The van der Waals surface area contributed by atoms with Crippen molar-refractivity contribution in [1.82, 2.24) is 5.32 Å². The van der Waals surface area contributed by atoms with Crippen LogP contribution in [0, 0.1) is 5.82 Å². The highest BCUT2D eigenvalue weighted by Gasteiger charge is 2.18. The van der Waals surface area contributed by atoms with Crippen molar-refractivity contribution in [2.75, 3.05) is 29.1 Å². The van der Waals surface area contributed by atoms with Gasteiger partial charge in [0.25, 0.3) is 0 Å². The molecule has 0 aromatic heterocycles. The number of urea groups is 1. The molecule has 1 aromatic carbocycles. The number of benzene rings is 1. The number of rotatable bonds is 4. The zero-order chi connectivity index (χ0) is 15.2. The summed E-state index contributed by atoms with van der Waals surface area (Å²) in [7, 11) is 0. The average Bonchev–Trinajstić information content (AvgIpc) is 2.48. The Kier molecular flexibility index (Phi) is 5.75. The van der Waals surface area contributed by atoms with Gasteiger partial charge in [-0.3, -0.25) is 0 Å². The monoisotopic (exact) mass is 330 g/mol. The van der Waals surface area contributed by atoms with Crippen LogP contribution in [-0.4, -0.2) is 46.2 Å². The summed E-state index contributed by atoms with van der Waals surface area (Å²) in [6.45, 7) is 0.473. The number of para-hydroxylation sites is 1. The van der Waals surface area contributed by atoms with Crippen molar-refractivity contribution in [1.29, 1.82) is 0 Å². The van der Waals surface area contributed by atoms with E-state index in [2.05, 4.69) is 10.6 Å². The summed E-state index contributed by atoms with van der Waals surface area (Å²) in [5.74, 6) is 1.07. The van der Waals surface area contributed by atoms with E-state index < -0.39 is 17.8 Å². The third-order valence-electron chi connectivity index (χ3n) is 2.86. The van der Waals surface area contributed by atoms with Gasteiger partial charge in [0.1, 0.15) is 5.82 Å². The number of anilines is 1. The van der Waals surface area contributed by atoms with Gasteiger partial charge in [0.2, 0.25) is 0 Å². The number of carbonyl (C=O) groups excluding carboxylic acids is 1. The van der Waals surface area contributed by atoms with Gasteiger partial charge < -0.3 is 15.7 Å². The quantitative estimate of drug-likeness (QED) is 0.790. The standard InChI is InChI=1S/C13H15FN2O3S2/c14-10-3-1-2-9(12(17)18)11(10)16-13(19)15-6-8-7-20-4-5-21-8/h1-3,8H,4-7H2,(H,17,18)(H2,15,16,19). The second kappa shape index (κ2) is 7.56. The van der Waals surface area contributed by atoms with E-state index in [1.54, 1.807) is 11.8 Å². The number of halogens is 1. The highest BCUT2D eigenvalue weighted by Crippen LogP contribution is 2.23. The number of amides is 2. The molecule has 5 nitrogen and oxygen atoms in total. The summed E-state index contributed by atoms with van der Waals surface area (Å²) in [5.41, 5.74) is -0.582. The smallest absolute Gasteiger partial charge is 0.337 e. The predicted molar refractivity (Wildman–Crippen MR) is 84.0 cm³/mol. The Bertz CT molecular complexity index is 536. The van der Waals surface area contributed by atoms with E-state index in [9.17, 15) is 14.0 Å². The van der Waals surface area contributed by atoms with E-state index in [1.165, 1.54) is 12.1 Å². The number of thioether (sulfide) groups is 2. The summed E-state index contributed by atoms with van der Waals surface area (Å²) in [5, 5.41) is 14.2. The molecule has 1 aromatic rings. The predicted octanol–water partition coefficient (Wildman–Crippen LogP) is 2.49. The fraction of sp³-hybridized carbons (Fsp3) is 0.385. The zero-order valence-corrected chi connectivity index (χ0v) is 12.7. The van der Waals surface area contributed by atoms with Crippen LogP contribution in [0.3, 0.4) is 0 Å². The number of hydrogen-bond donors (Lipinski definition) is 3. The van der Waals surface area contributed by atoms with Gasteiger partial charge in [-0.15, -0.1) is 0 Å². The van der Waals surface area contributed by atoms with Gasteiger partial charge >= 0.3 is 12.0 Å². The molecule has 0 aliphatic carbocycles. The Morgan fingerprint density at radius 2 is 2.19 bits per heavy atom. The van der Waals surface area contributed by atoms with E-state index in [-0.39, 0.29) is 11.3 Å². The van der Waals surface area contributed by atoms with Gasteiger partial charge in [0.05, 0.1) is 11.3 Å². The molecule has 1 heterocycles. The summed E-state index contributed by atoms with van der Waals surface area (Å²) in [4.78, 5) is 22.8. The number of carboxylic acids is 1. The Labute approximate surface area is 130 Å². The van der Waals surface area contributed by atoms with Crippen LogP contribution in [0.4, 0.5) is 14.9 Å². The van der Waals surface area contributed by atoms with Crippen molar-refractivity contribution in [3.05, 3.63) is 29.6 Å². The normalized spacial score (nSPS) is 18.0. The lowest BCUT2D eigenvalue weighted by Gasteiger charge is -2.21. The molecule has 114 valence electrons. The van der Waals surface area contributed by atoms with Crippen LogP contribution >= 0.6 is 23.5 Å². The van der Waals surface area contributed by atoms with Crippen LogP contribution in [0.25, 0.3) is 0 Å². The maximum atomic E-state index is 13.7. The zero-order valence-electron chi connectivity index (χ0n) is 11.1. The van der Waals surface area contributed by atoms with Crippen LogP contribution < -0.4 is 10.6 Å². The van der Waals surface area contributed by atoms with Gasteiger partial charge in [-0.2, -0.15) is 23.5 Å². The molecule has 1 saturated heterocycles. The largest absolute Gasteiger partial charge is 0.478 e. The molecule has 1 unspecified atom stereocenters. The molecule has 2 rings (SSSR count). The van der Waals surface area contributed by atoms with Crippen LogP contribution in [0.5, 0.6) is 0 Å². The van der Waals surface area contributed by atoms with E-state index in [1.807, 2.05) is 11.8 Å². The number of carbonyl (C=O) groups is 2. The number of aromatic carboxylic acids is 1. The molecule has 1 atom stereocenters. The number of carboxylic acid groups (broad SMARTS) is 1. The molecule has 1 fully saturated rings. The van der Waals surface area contributed by atoms with Gasteiger partial charge in [0, 0.05) is 29.1 Å². The lowest BCUT2D eigenvalue weighted by Crippen LogP contribution is -2.36. The second-order valence-electron chi connectivity index (χ2n) is 4.37. The molecule has 8 heteroatoms. The van der Waals surface area contributed by atoms with Crippen LogP contribution in [-0.2, 0) is 0 Å². The topological polar surface area (TPSA) is 78.4 Å². The molecule has 1 aliphatic heterocycles. The van der Waals surface area contributed by atoms with Crippen LogP contribution in [0.15, 0.2) is 18.2 Å². The minimum atomic E-state index is -1.29. The molecule has 0 bridgehead atoms. The number of nitrogens with one attached hydrogen (secondary N) is 2. The first-order valence-corrected chi connectivity index (χ1v) is 8.54. The van der Waals surface area contributed by atoms with Gasteiger partial charge in [-0.1, -0.05) is 6.07 Å². The third-order valence-corrected chi connectivity index (χ3v) is 5.70. The summed E-state index contributed by atoms with van der Waals surface area (Å²) in [6, 6.07) is 3.04. The van der Waals surface area contributed by atoms with E-state index in [4.69, 9.17) is 5.11 Å². The lowest BCUT2D eigenvalue weighted by molar-refractivity contribution is 0.0697. The van der Waals surface area contributed by atoms with E-state index in [0.29, 0.717) is 11.8 Å². The van der Waals surface area contributed by atoms with Crippen molar-refractivity contribution in [2.24, 2.45) is 0 Å². The van der Waals surface area contributed by atoms with Crippen molar-refractivity contribution in [3.63, 3.8) is 0 Å². The fourth-order valence-corrected chi connectivity index (χ4v) is 4.46. The minimum absolute atomic E-state index is 0.271. The van der Waals surface area contributed by atoms with Gasteiger partial charge in [-0.25, -0.2) is 14.0 Å². The molecule has 0 spiro atoms. The summed E-state index contributed by atoms with van der Waals surface area (Å²) < 4.78 is 13.7. The van der Waals surface area contributed by atoms with Crippen molar-refractivity contribution in [2.45, 2.75) is 5.25 Å². The molecular weight excluding hydrogens is 315 g/mol. The van der Waals surface area contributed by atoms with Crippen molar-refractivity contribution >= 4 is 41.2 Å².